The fourth-order valence-electron chi connectivity index (χ4n) is 6.41. The number of hydrogen-bond donors (Lipinski definition) is 3. The highest BCUT2D eigenvalue weighted by Gasteiger charge is 2.46. The van der Waals surface area contributed by atoms with Crippen LogP contribution in [0, 0.1) is 5.41 Å². The first kappa shape index (κ1) is 29.6. The van der Waals surface area contributed by atoms with Crippen LogP contribution >= 0.6 is 11.6 Å². The lowest BCUT2D eigenvalue weighted by Gasteiger charge is -2.43. The number of halogens is 1. The minimum Gasteiger partial charge on any atom is -0.491 e. The van der Waals surface area contributed by atoms with E-state index >= 15 is 0 Å². The number of benzene rings is 2. The highest BCUT2D eigenvalue weighted by Crippen LogP contribution is 2.52. The Kier molecular flexibility index (Phi) is 7.33. The summed E-state index contributed by atoms with van der Waals surface area (Å²) in [4.78, 5) is 60.9. The second-order valence-corrected chi connectivity index (χ2v) is 12.8. The van der Waals surface area contributed by atoms with Crippen LogP contribution in [-0.2, 0) is 11.3 Å². The largest absolute Gasteiger partial charge is 0.491 e. The van der Waals surface area contributed by atoms with Crippen LogP contribution in [0.15, 0.2) is 88.1 Å². The minimum atomic E-state index is -0.882. The summed E-state index contributed by atoms with van der Waals surface area (Å²) < 4.78 is 7.40. The van der Waals surface area contributed by atoms with Gasteiger partial charge in [-0.25, -0.2) is 19.7 Å². The lowest BCUT2D eigenvalue weighted by atomic mass is 9.68. The van der Waals surface area contributed by atoms with Crippen LogP contribution in [0.4, 0.5) is 11.6 Å². The molecular weight excluding hydrogens is 610 g/mol. The molecule has 1 aliphatic heterocycles. The molecule has 4 heterocycles. The third kappa shape index (κ3) is 5.29. The molecule has 12 nitrogen and oxygen atoms in total. The second-order valence-electron chi connectivity index (χ2n) is 12.3. The molecule has 0 bridgehead atoms. The number of aromatic nitrogens is 6. The van der Waals surface area contributed by atoms with Gasteiger partial charge in [0.15, 0.2) is 22.8 Å². The number of fused-ring (bicyclic) bond motifs is 2. The molecule has 2 unspecified atom stereocenters. The predicted molar refractivity (Wildman–Crippen MR) is 171 cm³/mol. The zero-order valence-electron chi connectivity index (χ0n) is 25.0. The normalized spacial score (nSPS) is 18.0. The van der Waals surface area contributed by atoms with Crippen molar-refractivity contribution >= 4 is 40.2 Å². The van der Waals surface area contributed by atoms with Crippen LogP contribution in [0.3, 0.4) is 0 Å². The van der Waals surface area contributed by atoms with E-state index in [-0.39, 0.29) is 42.6 Å². The Hall–Kier alpha value is -5.07. The number of rotatable bonds is 7. The number of carbonyl (C=O) groups is 1. The van der Waals surface area contributed by atoms with Gasteiger partial charge in [0.1, 0.15) is 30.6 Å². The SMILES string of the molecule is CC1(C)CC(=O)C2=C(C1)N(c1ncnc3c1ncn3CC(O)COc1ccccc1)c1[nH]c(=O)[nH]c(=O)c1C2c1ccc(Cl)cc1. The molecule has 3 aromatic heterocycles. The summed E-state index contributed by atoms with van der Waals surface area (Å²) in [6.45, 7) is 4.18. The van der Waals surface area contributed by atoms with E-state index < -0.39 is 28.7 Å². The van der Waals surface area contributed by atoms with Gasteiger partial charge in [-0.2, -0.15) is 0 Å². The molecule has 2 aromatic carbocycles. The maximum absolute atomic E-state index is 14.0. The first-order chi connectivity index (χ1) is 22.1. The first-order valence-corrected chi connectivity index (χ1v) is 15.2. The van der Waals surface area contributed by atoms with E-state index in [2.05, 4.69) is 24.9 Å². The molecule has 0 saturated carbocycles. The number of aliphatic hydroxyl groups is 1. The third-order valence-electron chi connectivity index (χ3n) is 8.32. The molecule has 0 amide bonds. The number of hydrogen-bond acceptors (Lipinski definition) is 9. The van der Waals surface area contributed by atoms with E-state index in [0.29, 0.717) is 45.2 Å². The summed E-state index contributed by atoms with van der Waals surface area (Å²) in [5.41, 5.74) is 0.982. The fraction of sp³-hybridized carbons (Fsp3) is 0.273. The van der Waals surface area contributed by atoms with E-state index in [1.807, 2.05) is 44.2 Å². The molecule has 2 atom stereocenters. The Morgan fingerprint density at radius 2 is 1.78 bits per heavy atom. The van der Waals surface area contributed by atoms with Crippen LogP contribution in [0.25, 0.3) is 11.2 Å². The number of aromatic amines is 2. The molecule has 2 aliphatic rings. The van der Waals surface area contributed by atoms with E-state index in [1.165, 1.54) is 6.33 Å². The number of nitrogens with zero attached hydrogens (tertiary/aromatic N) is 5. The number of para-hydroxylation sites is 1. The quantitative estimate of drug-likeness (QED) is 0.237. The Bertz CT molecular complexity index is 2120. The maximum atomic E-state index is 14.0. The van der Waals surface area contributed by atoms with Crippen molar-refractivity contribution in [1.82, 2.24) is 29.5 Å². The number of carbonyl (C=O) groups excluding carboxylic acids is 1. The first-order valence-electron chi connectivity index (χ1n) is 14.8. The summed E-state index contributed by atoms with van der Waals surface area (Å²) in [6.07, 6.45) is 2.75. The van der Waals surface area contributed by atoms with Gasteiger partial charge in [0.05, 0.1) is 18.4 Å². The van der Waals surface area contributed by atoms with Crippen molar-refractivity contribution in [3.63, 3.8) is 0 Å². The Morgan fingerprint density at radius 3 is 2.54 bits per heavy atom. The van der Waals surface area contributed by atoms with E-state index in [1.54, 1.807) is 40.1 Å². The van der Waals surface area contributed by atoms with Crippen LogP contribution in [0.1, 0.15) is 43.7 Å². The molecule has 0 saturated heterocycles. The highest BCUT2D eigenvalue weighted by atomic mass is 35.5. The van der Waals surface area contributed by atoms with Gasteiger partial charge in [0, 0.05) is 28.6 Å². The van der Waals surface area contributed by atoms with Crippen molar-refractivity contribution in [2.24, 2.45) is 5.41 Å². The molecule has 3 N–H and O–H groups in total. The van der Waals surface area contributed by atoms with Crippen molar-refractivity contribution in [3.8, 4) is 5.75 Å². The molecular formula is C33H30ClN7O5. The van der Waals surface area contributed by atoms with Crippen molar-refractivity contribution < 1.29 is 14.6 Å². The molecule has 0 fully saturated rings. The van der Waals surface area contributed by atoms with Gasteiger partial charge >= 0.3 is 5.69 Å². The summed E-state index contributed by atoms with van der Waals surface area (Å²) in [5.74, 6) is 0.264. The maximum Gasteiger partial charge on any atom is 0.327 e. The molecule has 234 valence electrons. The van der Waals surface area contributed by atoms with Crippen LogP contribution in [-0.4, -0.2) is 53.1 Å². The number of ketones is 1. The third-order valence-corrected chi connectivity index (χ3v) is 8.57. The standard InChI is InChI=1S/C33H30ClN7O5/c1-33(2)12-22-25(23(43)13-33)24(18-8-10-19(34)11-9-18)26-28(38-32(45)39-31(26)44)41(22)30-27-29(35-16-36-30)40(17-37-27)14-20(42)15-46-21-6-4-3-5-7-21/h3-11,16-17,20,24,42H,12-15H2,1-2H3,(H2,38,39,44,45). The highest BCUT2D eigenvalue weighted by molar-refractivity contribution is 6.30. The van der Waals surface area contributed by atoms with Gasteiger partial charge in [-0.05, 0) is 41.7 Å². The Labute approximate surface area is 267 Å². The Balaban J connectivity index is 1.37. The van der Waals surface area contributed by atoms with Gasteiger partial charge in [-0.1, -0.05) is 55.8 Å². The fourth-order valence-corrected chi connectivity index (χ4v) is 6.54. The average Bonchev–Trinajstić information content (AvgIpc) is 3.42. The van der Waals surface area contributed by atoms with E-state index in [4.69, 9.17) is 16.3 Å². The summed E-state index contributed by atoms with van der Waals surface area (Å²) in [5, 5.41) is 11.3. The topological polar surface area (TPSA) is 159 Å². The molecule has 13 heteroatoms. The van der Waals surface area contributed by atoms with Crippen LogP contribution in [0.2, 0.25) is 5.02 Å². The zero-order chi connectivity index (χ0) is 32.2. The monoisotopic (exact) mass is 639 g/mol. The molecule has 46 heavy (non-hydrogen) atoms. The van der Waals surface area contributed by atoms with Gasteiger partial charge in [-0.3, -0.25) is 24.5 Å². The minimum absolute atomic E-state index is 0.0463. The molecule has 0 radical (unpaired) electrons. The van der Waals surface area contributed by atoms with Gasteiger partial charge in [0.2, 0.25) is 0 Å². The molecule has 5 aromatic rings. The number of allylic oxidation sites excluding steroid dienone is 2. The van der Waals surface area contributed by atoms with Crippen LogP contribution in [0.5, 0.6) is 5.75 Å². The summed E-state index contributed by atoms with van der Waals surface area (Å²) in [6, 6.07) is 16.2. The number of nitrogens with one attached hydrogen (secondary N) is 2. The average molecular weight is 640 g/mol. The van der Waals surface area contributed by atoms with Gasteiger partial charge in [-0.15, -0.1) is 0 Å². The second kappa shape index (κ2) is 11.4. The van der Waals surface area contributed by atoms with Gasteiger partial charge in [0.25, 0.3) is 5.56 Å². The Morgan fingerprint density at radius 1 is 1.02 bits per heavy atom. The van der Waals surface area contributed by atoms with Crippen LogP contribution < -0.4 is 20.9 Å². The summed E-state index contributed by atoms with van der Waals surface area (Å²) in [7, 11) is 0. The zero-order valence-corrected chi connectivity index (χ0v) is 25.8. The van der Waals surface area contributed by atoms with Crippen molar-refractivity contribution in [3.05, 3.63) is 116 Å². The number of H-pyrrole nitrogens is 2. The lowest BCUT2D eigenvalue weighted by molar-refractivity contribution is -0.118. The smallest absolute Gasteiger partial charge is 0.327 e. The number of anilines is 2. The predicted octanol–water partition coefficient (Wildman–Crippen LogP) is 4.22. The molecule has 1 aliphatic carbocycles. The number of ether oxygens (including phenoxy) is 1. The lowest BCUT2D eigenvalue weighted by Crippen LogP contribution is -2.42. The van der Waals surface area contributed by atoms with Gasteiger partial charge < -0.3 is 14.4 Å². The van der Waals surface area contributed by atoms with Crippen molar-refractivity contribution in [1.29, 1.82) is 0 Å². The molecule has 0 spiro atoms. The van der Waals surface area contributed by atoms with Crippen molar-refractivity contribution in [2.45, 2.75) is 45.3 Å². The number of Topliss-reactive ketones (excluding diaryl/α,β-unsaturated/α-hetero) is 1. The van der Waals surface area contributed by atoms with E-state index in [9.17, 15) is 19.5 Å². The summed E-state index contributed by atoms with van der Waals surface area (Å²) >= 11 is 6.20. The molecule has 7 rings (SSSR count). The number of aliphatic hydroxyl groups excluding tert-OH is 1. The number of imidazole rings is 1. The van der Waals surface area contributed by atoms with Crippen molar-refractivity contribution in [2.75, 3.05) is 11.5 Å². The van der Waals surface area contributed by atoms with E-state index in [0.717, 1.165) is 0 Å².